The number of thioether (sulfide) groups is 1. The fourth-order valence-corrected chi connectivity index (χ4v) is 5.52. The summed E-state index contributed by atoms with van der Waals surface area (Å²) in [4.78, 5) is 7.66. The van der Waals surface area contributed by atoms with Crippen molar-refractivity contribution in [3.8, 4) is 0 Å². The average molecular weight is 408 g/mol. The van der Waals surface area contributed by atoms with Crippen molar-refractivity contribution in [3.63, 3.8) is 0 Å². The molecule has 0 amide bonds. The summed E-state index contributed by atoms with van der Waals surface area (Å²) in [5, 5.41) is 0. The van der Waals surface area contributed by atoms with Crippen molar-refractivity contribution in [2.24, 2.45) is 4.99 Å². The molecule has 0 fully saturated rings. The van der Waals surface area contributed by atoms with Gasteiger partial charge in [0, 0.05) is 28.1 Å². The van der Waals surface area contributed by atoms with E-state index in [1.807, 2.05) is 11.8 Å². The van der Waals surface area contributed by atoms with Gasteiger partial charge in [0.25, 0.3) is 0 Å². The van der Waals surface area contributed by atoms with Crippen LogP contribution in [0.15, 0.2) is 111 Å². The third kappa shape index (κ3) is 3.57. The standard InChI is InChI=1S/C28H25NS/c1-19(21-10-5-3-6-11-21)23-16-17-25-27(18-23)30-28-24(14-9-15-26(28)29-25)20(2)22-12-7-4-8-13-22/h3-14,16-20H,15H2,1-2H3. The van der Waals surface area contributed by atoms with Crippen LogP contribution >= 0.6 is 11.8 Å². The Morgan fingerprint density at radius 3 is 2.13 bits per heavy atom. The van der Waals surface area contributed by atoms with Gasteiger partial charge in [-0.1, -0.05) is 104 Å². The number of fused-ring (bicyclic) bond motifs is 2. The largest absolute Gasteiger partial charge is 0.251 e. The molecular weight excluding hydrogens is 382 g/mol. The van der Waals surface area contributed by atoms with Gasteiger partial charge in [-0.15, -0.1) is 0 Å². The van der Waals surface area contributed by atoms with E-state index in [4.69, 9.17) is 4.99 Å². The quantitative estimate of drug-likeness (QED) is 0.426. The predicted octanol–water partition coefficient (Wildman–Crippen LogP) is 8.03. The van der Waals surface area contributed by atoms with Gasteiger partial charge in [-0.25, -0.2) is 0 Å². The van der Waals surface area contributed by atoms with Gasteiger partial charge >= 0.3 is 0 Å². The van der Waals surface area contributed by atoms with E-state index < -0.39 is 0 Å². The summed E-state index contributed by atoms with van der Waals surface area (Å²) in [5.74, 6) is 0.717. The highest BCUT2D eigenvalue weighted by molar-refractivity contribution is 8.04. The Hall–Kier alpha value is -2.84. The van der Waals surface area contributed by atoms with Crippen molar-refractivity contribution in [2.75, 3.05) is 0 Å². The lowest BCUT2D eigenvalue weighted by Crippen LogP contribution is -2.12. The Morgan fingerprint density at radius 1 is 0.767 bits per heavy atom. The molecule has 0 N–H and O–H groups in total. The SMILES string of the molecule is CC(C1=C2Sc3cc(C(C)c4ccccc4)ccc3N=C2CC=C1)c1ccccc1. The smallest absolute Gasteiger partial charge is 0.0773 e. The van der Waals surface area contributed by atoms with Crippen LogP contribution in [-0.2, 0) is 0 Å². The molecule has 1 aliphatic heterocycles. The predicted molar refractivity (Wildman–Crippen MR) is 129 cm³/mol. The molecule has 1 aliphatic carbocycles. The van der Waals surface area contributed by atoms with E-state index in [-0.39, 0.29) is 0 Å². The Morgan fingerprint density at radius 2 is 1.43 bits per heavy atom. The first-order valence-electron chi connectivity index (χ1n) is 10.6. The third-order valence-electron chi connectivity index (χ3n) is 6.15. The molecule has 2 unspecified atom stereocenters. The zero-order valence-corrected chi connectivity index (χ0v) is 18.2. The summed E-state index contributed by atoms with van der Waals surface area (Å²) < 4.78 is 0. The summed E-state index contributed by atoms with van der Waals surface area (Å²) in [6.07, 6.45) is 5.48. The van der Waals surface area contributed by atoms with Crippen molar-refractivity contribution in [2.45, 2.75) is 37.0 Å². The van der Waals surface area contributed by atoms with Crippen LogP contribution in [0.25, 0.3) is 0 Å². The fraction of sp³-hybridized carbons (Fsp3) is 0.179. The normalized spacial score (nSPS) is 17.1. The molecule has 0 saturated heterocycles. The van der Waals surface area contributed by atoms with Crippen LogP contribution in [0.5, 0.6) is 0 Å². The second kappa shape index (κ2) is 8.12. The molecule has 2 aliphatic rings. The van der Waals surface area contributed by atoms with Crippen molar-refractivity contribution in [1.82, 2.24) is 0 Å². The lowest BCUT2D eigenvalue weighted by molar-refractivity contribution is 0.912. The monoisotopic (exact) mass is 407 g/mol. The van der Waals surface area contributed by atoms with E-state index in [0.29, 0.717) is 11.8 Å². The number of aliphatic imine (C=N–C) groups is 1. The summed E-state index contributed by atoms with van der Waals surface area (Å²) in [6, 6.07) is 28.3. The molecule has 1 heterocycles. The Kier molecular flexibility index (Phi) is 5.18. The summed E-state index contributed by atoms with van der Waals surface area (Å²) >= 11 is 1.90. The zero-order chi connectivity index (χ0) is 20.5. The zero-order valence-electron chi connectivity index (χ0n) is 17.4. The van der Waals surface area contributed by atoms with Crippen molar-refractivity contribution in [1.29, 1.82) is 0 Å². The second-order valence-electron chi connectivity index (χ2n) is 8.04. The van der Waals surface area contributed by atoms with Gasteiger partial charge in [0.1, 0.15) is 0 Å². The van der Waals surface area contributed by atoms with Crippen LogP contribution in [0.4, 0.5) is 5.69 Å². The van der Waals surface area contributed by atoms with Crippen LogP contribution in [0, 0.1) is 0 Å². The molecular formula is C28H25NS. The molecule has 0 bridgehead atoms. The fourth-order valence-electron chi connectivity index (χ4n) is 4.27. The van der Waals surface area contributed by atoms with Crippen LogP contribution < -0.4 is 0 Å². The summed E-state index contributed by atoms with van der Waals surface area (Å²) in [5.41, 5.74) is 7.73. The van der Waals surface area contributed by atoms with Crippen molar-refractivity contribution < 1.29 is 0 Å². The van der Waals surface area contributed by atoms with Gasteiger partial charge in [0.05, 0.1) is 11.4 Å². The van der Waals surface area contributed by atoms with Crippen LogP contribution in [0.2, 0.25) is 0 Å². The summed E-state index contributed by atoms with van der Waals surface area (Å²) in [7, 11) is 0. The molecule has 148 valence electrons. The molecule has 0 saturated carbocycles. The highest BCUT2D eigenvalue weighted by Crippen LogP contribution is 2.47. The molecule has 3 aromatic carbocycles. The average Bonchev–Trinajstić information content (AvgIpc) is 2.82. The van der Waals surface area contributed by atoms with E-state index in [1.165, 1.54) is 37.8 Å². The van der Waals surface area contributed by atoms with Crippen LogP contribution in [0.3, 0.4) is 0 Å². The lowest BCUT2D eigenvalue weighted by atomic mass is 9.89. The molecule has 0 radical (unpaired) electrons. The number of rotatable bonds is 4. The van der Waals surface area contributed by atoms with Crippen LogP contribution in [0.1, 0.15) is 48.8 Å². The van der Waals surface area contributed by atoms with Gasteiger partial charge < -0.3 is 0 Å². The topological polar surface area (TPSA) is 12.4 Å². The van der Waals surface area contributed by atoms with Gasteiger partial charge in [0.2, 0.25) is 0 Å². The molecule has 2 atom stereocenters. The minimum absolute atomic E-state index is 0.350. The number of hydrogen-bond acceptors (Lipinski definition) is 2. The molecule has 1 nitrogen and oxygen atoms in total. The van der Waals surface area contributed by atoms with Crippen molar-refractivity contribution >= 4 is 23.2 Å². The first-order valence-corrected chi connectivity index (χ1v) is 11.4. The Balaban J connectivity index is 1.52. The number of benzene rings is 3. The second-order valence-corrected chi connectivity index (χ2v) is 9.10. The van der Waals surface area contributed by atoms with Crippen molar-refractivity contribution in [3.05, 3.63) is 118 Å². The maximum Gasteiger partial charge on any atom is 0.0773 e. The number of hydrogen-bond donors (Lipinski definition) is 0. The summed E-state index contributed by atoms with van der Waals surface area (Å²) in [6.45, 7) is 4.58. The molecule has 0 aromatic heterocycles. The van der Waals surface area contributed by atoms with E-state index in [2.05, 4.69) is 105 Å². The maximum absolute atomic E-state index is 5.05. The highest BCUT2D eigenvalue weighted by atomic mass is 32.2. The highest BCUT2D eigenvalue weighted by Gasteiger charge is 2.26. The molecule has 3 aromatic rings. The third-order valence-corrected chi connectivity index (χ3v) is 7.37. The van der Waals surface area contributed by atoms with Gasteiger partial charge in [-0.3, -0.25) is 4.99 Å². The van der Waals surface area contributed by atoms with Crippen LogP contribution in [-0.4, -0.2) is 5.71 Å². The number of nitrogens with zero attached hydrogens (tertiary/aromatic N) is 1. The molecule has 5 rings (SSSR count). The van der Waals surface area contributed by atoms with Gasteiger partial charge in [-0.2, -0.15) is 0 Å². The first kappa shape index (κ1) is 19.1. The van der Waals surface area contributed by atoms with E-state index >= 15 is 0 Å². The minimum Gasteiger partial charge on any atom is -0.251 e. The molecule has 30 heavy (non-hydrogen) atoms. The Bertz CT molecular complexity index is 1160. The minimum atomic E-state index is 0.350. The Labute approximate surface area is 183 Å². The lowest BCUT2D eigenvalue weighted by Gasteiger charge is -2.26. The first-order chi connectivity index (χ1) is 14.7. The number of allylic oxidation sites excluding steroid dienone is 4. The van der Waals surface area contributed by atoms with E-state index in [1.54, 1.807) is 0 Å². The maximum atomic E-state index is 5.05. The van der Waals surface area contributed by atoms with E-state index in [9.17, 15) is 0 Å². The van der Waals surface area contributed by atoms with Gasteiger partial charge in [-0.05, 0) is 34.4 Å². The van der Waals surface area contributed by atoms with Gasteiger partial charge in [0.15, 0.2) is 0 Å². The molecule has 0 spiro atoms. The molecule has 2 heteroatoms. The van der Waals surface area contributed by atoms with E-state index in [0.717, 1.165) is 12.1 Å².